The molecule has 2 rings (SSSR count). The third-order valence-corrected chi connectivity index (χ3v) is 6.80. The molecule has 0 aromatic heterocycles. The highest BCUT2D eigenvalue weighted by molar-refractivity contribution is 8.77. The molecule has 2 amide bonds. The summed E-state index contributed by atoms with van der Waals surface area (Å²) in [5.74, 6) is 1.32. The van der Waals surface area contributed by atoms with Crippen molar-refractivity contribution in [3.8, 4) is 0 Å². The molecule has 1 atom stereocenters. The van der Waals surface area contributed by atoms with Crippen LogP contribution in [0.4, 0.5) is 5.69 Å². The van der Waals surface area contributed by atoms with Gasteiger partial charge in [-0.25, -0.2) is 0 Å². The van der Waals surface area contributed by atoms with Crippen molar-refractivity contribution in [3.05, 3.63) is 29.8 Å². The molecule has 1 aromatic rings. The fourth-order valence-corrected chi connectivity index (χ4v) is 5.45. The number of rotatable bonds is 8. The molecule has 0 aliphatic carbocycles. The van der Waals surface area contributed by atoms with Gasteiger partial charge in [-0.3, -0.25) is 9.59 Å². The van der Waals surface area contributed by atoms with Crippen LogP contribution in [0, 0.1) is 0 Å². The topological polar surface area (TPSA) is 58.2 Å². The summed E-state index contributed by atoms with van der Waals surface area (Å²) in [5.41, 5.74) is 1.73. The van der Waals surface area contributed by atoms with E-state index in [0.29, 0.717) is 12.8 Å². The Kier molecular flexibility index (Phi) is 7.82. The lowest BCUT2D eigenvalue weighted by atomic mass is 10.1. The fourth-order valence-electron chi connectivity index (χ4n) is 2.43. The predicted octanol–water partition coefficient (Wildman–Crippen LogP) is 3.63. The highest BCUT2D eigenvalue weighted by Gasteiger charge is 2.15. The van der Waals surface area contributed by atoms with E-state index in [9.17, 15) is 9.59 Å². The number of carbonyl (C=O) groups is 2. The van der Waals surface area contributed by atoms with Gasteiger partial charge < -0.3 is 10.6 Å². The summed E-state index contributed by atoms with van der Waals surface area (Å²) in [4.78, 5) is 23.2. The van der Waals surface area contributed by atoms with E-state index in [4.69, 9.17) is 0 Å². The van der Waals surface area contributed by atoms with E-state index >= 15 is 0 Å². The number of benzene rings is 1. The van der Waals surface area contributed by atoms with Crippen LogP contribution in [0.5, 0.6) is 0 Å². The molecule has 126 valence electrons. The first kappa shape index (κ1) is 18.2. The lowest BCUT2D eigenvalue weighted by Gasteiger charge is -2.08. The molecule has 0 saturated carbocycles. The monoisotopic (exact) mass is 352 g/mol. The van der Waals surface area contributed by atoms with Crippen LogP contribution in [0.2, 0.25) is 0 Å². The van der Waals surface area contributed by atoms with Gasteiger partial charge >= 0.3 is 0 Å². The molecule has 1 aliphatic heterocycles. The van der Waals surface area contributed by atoms with Crippen LogP contribution in [0.25, 0.3) is 0 Å². The summed E-state index contributed by atoms with van der Waals surface area (Å²) >= 11 is 0. The van der Waals surface area contributed by atoms with Crippen LogP contribution in [0.3, 0.4) is 0 Å². The van der Waals surface area contributed by atoms with Crippen LogP contribution in [0.15, 0.2) is 24.3 Å². The lowest BCUT2D eigenvalue weighted by molar-refractivity contribution is -0.120. The summed E-state index contributed by atoms with van der Waals surface area (Å²) in [5, 5.41) is 6.30. The van der Waals surface area contributed by atoms with E-state index in [0.717, 1.165) is 29.3 Å². The van der Waals surface area contributed by atoms with E-state index in [-0.39, 0.29) is 11.8 Å². The lowest BCUT2D eigenvalue weighted by Crippen LogP contribution is -2.19. The summed E-state index contributed by atoms with van der Waals surface area (Å²) in [7, 11) is 5.59. The molecule has 0 bridgehead atoms. The minimum Gasteiger partial charge on any atom is -0.359 e. The molecule has 1 fully saturated rings. The Morgan fingerprint density at radius 3 is 2.61 bits per heavy atom. The molecule has 0 radical (unpaired) electrons. The molecule has 1 heterocycles. The Bertz CT molecular complexity index is 514. The zero-order chi connectivity index (χ0) is 16.5. The van der Waals surface area contributed by atoms with Gasteiger partial charge in [0, 0.05) is 30.2 Å². The number of likely N-dealkylation sites (N-methyl/N-ethyl adjacent to an activating group) is 1. The van der Waals surface area contributed by atoms with Crippen molar-refractivity contribution in [2.75, 3.05) is 18.1 Å². The number of hydrogen-bond donors (Lipinski definition) is 2. The Balaban J connectivity index is 1.65. The van der Waals surface area contributed by atoms with Gasteiger partial charge in [-0.05, 0) is 37.0 Å². The smallest absolute Gasteiger partial charge is 0.224 e. The van der Waals surface area contributed by atoms with Gasteiger partial charge in [-0.15, -0.1) is 0 Å². The average molecular weight is 353 g/mol. The van der Waals surface area contributed by atoms with Gasteiger partial charge in [-0.2, -0.15) is 0 Å². The minimum absolute atomic E-state index is 0.0133. The molecule has 1 saturated heterocycles. The fraction of sp³-hybridized carbons (Fsp3) is 0.529. The Morgan fingerprint density at radius 2 is 1.96 bits per heavy atom. The first-order valence-corrected chi connectivity index (χ1v) is 10.4. The number of hydrogen-bond acceptors (Lipinski definition) is 4. The minimum atomic E-state index is -0.0133. The summed E-state index contributed by atoms with van der Waals surface area (Å²) in [6, 6.07) is 7.45. The molecule has 1 unspecified atom stereocenters. The van der Waals surface area contributed by atoms with E-state index in [2.05, 4.69) is 10.6 Å². The molecule has 2 N–H and O–H groups in total. The largest absolute Gasteiger partial charge is 0.359 e. The summed E-state index contributed by atoms with van der Waals surface area (Å²) in [6.45, 7) is 0. The van der Waals surface area contributed by atoms with Crippen LogP contribution in [-0.4, -0.2) is 29.9 Å². The summed E-state index contributed by atoms with van der Waals surface area (Å²) < 4.78 is 0. The van der Waals surface area contributed by atoms with E-state index in [1.807, 2.05) is 45.9 Å². The van der Waals surface area contributed by atoms with Crippen molar-refractivity contribution in [3.63, 3.8) is 0 Å². The molecular formula is C17H24N2O2S2. The number of carbonyl (C=O) groups excluding carboxylic acids is 2. The number of nitrogens with one attached hydrogen (secondary N) is 2. The molecule has 0 spiro atoms. The second-order valence-corrected chi connectivity index (χ2v) is 8.46. The Hall–Kier alpha value is -1.14. The molecule has 23 heavy (non-hydrogen) atoms. The van der Waals surface area contributed by atoms with Gasteiger partial charge in [0.15, 0.2) is 0 Å². The number of unbranched alkanes of at least 4 members (excludes halogenated alkanes) is 1. The van der Waals surface area contributed by atoms with Crippen LogP contribution >= 0.6 is 21.6 Å². The second kappa shape index (κ2) is 9.88. The zero-order valence-corrected chi connectivity index (χ0v) is 15.1. The predicted molar refractivity (Wildman–Crippen MR) is 99.8 cm³/mol. The second-order valence-electron chi connectivity index (χ2n) is 5.67. The molecule has 1 aliphatic rings. The highest BCUT2D eigenvalue weighted by atomic mass is 33.1. The van der Waals surface area contributed by atoms with E-state index in [1.165, 1.54) is 18.6 Å². The SMILES string of the molecule is CNC(=O)Cc1ccc(NC(=O)CCCCC2CCSS2)cc1. The van der Waals surface area contributed by atoms with E-state index in [1.54, 1.807) is 7.05 Å². The van der Waals surface area contributed by atoms with Gasteiger partial charge in [-0.1, -0.05) is 40.1 Å². The van der Waals surface area contributed by atoms with Crippen molar-refractivity contribution in [2.45, 2.75) is 43.8 Å². The van der Waals surface area contributed by atoms with Crippen molar-refractivity contribution < 1.29 is 9.59 Å². The molecular weight excluding hydrogens is 328 g/mol. The van der Waals surface area contributed by atoms with Crippen molar-refractivity contribution in [1.29, 1.82) is 0 Å². The Morgan fingerprint density at radius 1 is 1.17 bits per heavy atom. The van der Waals surface area contributed by atoms with Crippen molar-refractivity contribution in [2.24, 2.45) is 0 Å². The first-order chi connectivity index (χ1) is 11.2. The maximum atomic E-state index is 11.9. The van der Waals surface area contributed by atoms with Crippen LogP contribution in [-0.2, 0) is 16.0 Å². The Labute approximate surface area is 146 Å². The van der Waals surface area contributed by atoms with Crippen molar-refractivity contribution in [1.82, 2.24) is 5.32 Å². The standard InChI is InChI=1S/C17H24N2O2S2/c1-18-17(21)12-13-6-8-14(9-7-13)19-16(20)5-3-2-4-15-10-11-22-23-15/h6-9,15H,2-5,10-12H2,1H3,(H,18,21)(H,19,20). The zero-order valence-electron chi connectivity index (χ0n) is 13.5. The molecule has 1 aromatic carbocycles. The van der Waals surface area contributed by atoms with Crippen molar-refractivity contribution >= 4 is 39.1 Å². The maximum absolute atomic E-state index is 11.9. The van der Waals surface area contributed by atoms with Gasteiger partial charge in [0.2, 0.25) is 11.8 Å². The van der Waals surface area contributed by atoms with Crippen LogP contribution < -0.4 is 10.6 Å². The average Bonchev–Trinajstić information content (AvgIpc) is 3.07. The van der Waals surface area contributed by atoms with Gasteiger partial charge in [0.1, 0.15) is 0 Å². The quantitative estimate of drug-likeness (QED) is 0.554. The number of amides is 2. The summed E-state index contributed by atoms with van der Waals surface area (Å²) in [6.07, 6.45) is 5.54. The highest BCUT2D eigenvalue weighted by Crippen LogP contribution is 2.39. The third kappa shape index (κ3) is 6.87. The first-order valence-electron chi connectivity index (χ1n) is 8.05. The molecule has 4 nitrogen and oxygen atoms in total. The molecule has 6 heteroatoms. The van der Waals surface area contributed by atoms with Crippen LogP contribution in [0.1, 0.15) is 37.7 Å². The number of anilines is 1. The normalized spacial score (nSPS) is 17.0. The van der Waals surface area contributed by atoms with Gasteiger partial charge in [0.25, 0.3) is 0 Å². The maximum Gasteiger partial charge on any atom is 0.224 e. The third-order valence-electron chi connectivity index (χ3n) is 3.79. The van der Waals surface area contributed by atoms with E-state index < -0.39 is 0 Å². The van der Waals surface area contributed by atoms with Gasteiger partial charge in [0.05, 0.1) is 6.42 Å².